The van der Waals surface area contributed by atoms with Gasteiger partial charge in [0, 0.05) is 36.2 Å². The zero-order chi connectivity index (χ0) is 32.1. The predicted octanol–water partition coefficient (Wildman–Crippen LogP) is 6.13. The van der Waals surface area contributed by atoms with Crippen LogP contribution in [0.5, 0.6) is 23.0 Å². The Morgan fingerprint density at radius 1 is 0.867 bits per heavy atom. The predicted molar refractivity (Wildman–Crippen MR) is 167 cm³/mol. The lowest BCUT2D eigenvalue weighted by Gasteiger charge is -2.37. The van der Waals surface area contributed by atoms with Crippen molar-refractivity contribution in [3.8, 4) is 23.0 Å². The topological polar surface area (TPSA) is 109 Å². The van der Waals surface area contributed by atoms with Crippen molar-refractivity contribution in [2.24, 2.45) is 0 Å². The number of allylic oxidation sites excluding steroid dienone is 3. The molecule has 1 N–H and O–H groups in total. The minimum atomic E-state index is -0.728. The molecular formula is C36H37NO8. The fraction of sp³-hybridized carbons (Fsp3) is 0.306. The van der Waals surface area contributed by atoms with Gasteiger partial charge in [-0.25, -0.2) is 4.79 Å². The van der Waals surface area contributed by atoms with E-state index in [-0.39, 0.29) is 30.5 Å². The second-order valence-corrected chi connectivity index (χ2v) is 10.9. The smallest absolute Gasteiger partial charge is 0.337 e. The number of methoxy groups -OCH3 is 2. The van der Waals surface area contributed by atoms with Crippen molar-refractivity contribution in [3.05, 3.63) is 106 Å². The third-order valence-corrected chi connectivity index (χ3v) is 7.99. The van der Waals surface area contributed by atoms with E-state index in [0.29, 0.717) is 52.7 Å². The van der Waals surface area contributed by atoms with E-state index < -0.39 is 17.9 Å². The van der Waals surface area contributed by atoms with Crippen LogP contribution >= 0.6 is 0 Å². The molecule has 9 nitrogen and oxygen atoms in total. The molecule has 2 unspecified atom stereocenters. The van der Waals surface area contributed by atoms with E-state index >= 15 is 0 Å². The van der Waals surface area contributed by atoms with Crippen LogP contribution in [-0.4, -0.2) is 38.5 Å². The number of dihydropyridines is 1. The number of nitrogens with one attached hydrogen (secondary N) is 1. The van der Waals surface area contributed by atoms with E-state index in [1.54, 1.807) is 32.4 Å². The maximum absolute atomic E-state index is 14.1. The first-order chi connectivity index (χ1) is 21.7. The summed E-state index contributed by atoms with van der Waals surface area (Å²) in [5, 5.41) is 3.39. The van der Waals surface area contributed by atoms with Crippen molar-refractivity contribution < 1.29 is 38.1 Å². The van der Waals surface area contributed by atoms with Crippen LogP contribution in [0.25, 0.3) is 0 Å². The molecule has 0 bridgehead atoms. The van der Waals surface area contributed by atoms with Gasteiger partial charge in [0.2, 0.25) is 0 Å². The molecule has 45 heavy (non-hydrogen) atoms. The Morgan fingerprint density at radius 3 is 2.24 bits per heavy atom. The lowest BCUT2D eigenvalue weighted by Crippen LogP contribution is -2.36. The number of hydrogen-bond donors (Lipinski definition) is 1. The summed E-state index contributed by atoms with van der Waals surface area (Å²) in [7, 11) is 3.16. The van der Waals surface area contributed by atoms with Gasteiger partial charge in [-0.15, -0.1) is 0 Å². The van der Waals surface area contributed by atoms with Gasteiger partial charge in [0.25, 0.3) is 0 Å². The van der Waals surface area contributed by atoms with Crippen LogP contribution in [0.3, 0.4) is 0 Å². The zero-order valence-corrected chi connectivity index (χ0v) is 26.1. The molecule has 0 radical (unpaired) electrons. The van der Waals surface area contributed by atoms with E-state index in [2.05, 4.69) is 5.32 Å². The largest absolute Gasteiger partial charge is 0.493 e. The third-order valence-electron chi connectivity index (χ3n) is 7.99. The average Bonchev–Trinajstić information content (AvgIpc) is 3.03. The van der Waals surface area contributed by atoms with Crippen LogP contribution in [0.4, 0.5) is 0 Å². The molecule has 2 aliphatic rings. The van der Waals surface area contributed by atoms with Crippen molar-refractivity contribution in [3.63, 3.8) is 0 Å². The zero-order valence-electron chi connectivity index (χ0n) is 26.1. The van der Waals surface area contributed by atoms with Crippen LogP contribution < -0.4 is 24.3 Å². The highest BCUT2D eigenvalue weighted by Gasteiger charge is 2.42. The first-order valence-electron chi connectivity index (χ1n) is 14.9. The van der Waals surface area contributed by atoms with Gasteiger partial charge in [0.1, 0.15) is 6.61 Å². The summed E-state index contributed by atoms with van der Waals surface area (Å²) >= 11 is 0. The van der Waals surface area contributed by atoms with Crippen molar-refractivity contribution in [1.29, 1.82) is 0 Å². The Bertz CT molecular complexity index is 1670. The number of carbonyl (C=O) groups is 3. The first-order valence-corrected chi connectivity index (χ1v) is 14.9. The van der Waals surface area contributed by atoms with Crippen LogP contribution in [0.1, 0.15) is 62.1 Å². The Labute approximate surface area is 262 Å². The van der Waals surface area contributed by atoms with Gasteiger partial charge in [0.05, 0.1) is 26.4 Å². The molecule has 1 aliphatic heterocycles. The second kappa shape index (κ2) is 13.7. The summed E-state index contributed by atoms with van der Waals surface area (Å²) in [5.41, 5.74) is 4.63. The lowest BCUT2D eigenvalue weighted by atomic mass is 9.71. The number of Topliss-reactive ketones (excluding diaryl/α,β-unsaturated/α-hetero) is 1. The summed E-state index contributed by atoms with van der Waals surface area (Å²) in [6.07, 6.45) is 0.780. The van der Waals surface area contributed by atoms with E-state index in [1.165, 1.54) is 6.92 Å². The average molecular weight is 612 g/mol. The Morgan fingerprint density at radius 2 is 1.56 bits per heavy atom. The summed E-state index contributed by atoms with van der Waals surface area (Å²) in [6.45, 7) is 5.36. The molecule has 3 aromatic carbocycles. The minimum absolute atomic E-state index is 0.0833. The van der Waals surface area contributed by atoms with Crippen molar-refractivity contribution >= 4 is 17.7 Å². The highest BCUT2D eigenvalue weighted by atomic mass is 16.6. The molecule has 0 spiro atoms. The highest BCUT2D eigenvalue weighted by Crippen LogP contribution is 2.47. The lowest BCUT2D eigenvalue weighted by molar-refractivity contribution is -0.140. The molecule has 1 aliphatic carbocycles. The first kappa shape index (κ1) is 31.4. The van der Waals surface area contributed by atoms with Gasteiger partial charge in [-0.2, -0.15) is 0 Å². The number of esters is 2. The molecule has 234 valence electrons. The molecule has 0 aromatic heterocycles. The van der Waals surface area contributed by atoms with Gasteiger partial charge in [-0.3, -0.25) is 9.59 Å². The van der Waals surface area contributed by atoms with Crippen molar-refractivity contribution in [2.75, 3.05) is 20.8 Å². The van der Waals surface area contributed by atoms with E-state index in [9.17, 15) is 14.4 Å². The van der Waals surface area contributed by atoms with Crippen LogP contribution in [0, 0.1) is 0 Å². The molecule has 0 saturated heterocycles. The minimum Gasteiger partial charge on any atom is -0.493 e. The summed E-state index contributed by atoms with van der Waals surface area (Å²) in [5.74, 6) is -0.149. The molecule has 1 heterocycles. The maximum Gasteiger partial charge on any atom is 0.337 e. The highest BCUT2D eigenvalue weighted by molar-refractivity contribution is 6.04. The monoisotopic (exact) mass is 611 g/mol. The third kappa shape index (κ3) is 6.72. The molecule has 0 amide bonds. The molecule has 0 saturated carbocycles. The van der Waals surface area contributed by atoms with E-state index in [1.807, 2.05) is 62.4 Å². The molecule has 5 rings (SSSR count). The van der Waals surface area contributed by atoms with Gasteiger partial charge < -0.3 is 29.0 Å². The van der Waals surface area contributed by atoms with Crippen LogP contribution in [-0.2, 0) is 25.7 Å². The van der Waals surface area contributed by atoms with Gasteiger partial charge in [0.15, 0.2) is 28.8 Å². The van der Waals surface area contributed by atoms with E-state index in [4.69, 9.17) is 23.7 Å². The number of ether oxygens (including phenoxy) is 5. The summed E-state index contributed by atoms with van der Waals surface area (Å²) < 4.78 is 27.9. The van der Waals surface area contributed by atoms with Crippen LogP contribution in [0.15, 0.2) is 89.3 Å². The molecular weight excluding hydrogens is 574 g/mol. The van der Waals surface area contributed by atoms with Gasteiger partial charge >= 0.3 is 11.9 Å². The van der Waals surface area contributed by atoms with Gasteiger partial charge in [-0.1, -0.05) is 42.5 Å². The SMILES string of the molecule is CCOc1cc(C2C(C(=O)OCc3ccccc3)=C(C)NC3=C2C(=O)CC(c2ccc(OC)c(OC)c2)C3)ccc1OC(C)=O. The molecule has 3 aromatic rings. The Hall–Kier alpha value is -5.05. The summed E-state index contributed by atoms with van der Waals surface area (Å²) in [4.78, 5) is 39.7. The number of rotatable bonds is 10. The standard InChI is InChI=1S/C36H37NO8/c1-6-43-32-19-25(13-15-30(32)45-22(3)38)34-33(36(40)44-20-23-10-8-7-9-11-23)21(2)37-27-16-26(17-28(39)35(27)34)24-12-14-29(41-4)31(18-24)42-5/h7-15,18-19,26,34,37H,6,16-17,20H2,1-5H3. The second-order valence-electron chi connectivity index (χ2n) is 10.9. The quantitative estimate of drug-likeness (QED) is 0.214. The van der Waals surface area contributed by atoms with Crippen molar-refractivity contribution in [2.45, 2.75) is 52.1 Å². The number of carbonyl (C=O) groups excluding carboxylic acids is 3. The van der Waals surface area contributed by atoms with Crippen LogP contribution in [0.2, 0.25) is 0 Å². The fourth-order valence-electron chi connectivity index (χ4n) is 6.00. The number of hydrogen-bond acceptors (Lipinski definition) is 9. The normalized spacial score (nSPS) is 17.7. The maximum atomic E-state index is 14.1. The number of benzene rings is 3. The molecule has 2 atom stereocenters. The molecule has 0 fully saturated rings. The number of ketones is 1. The summed E-state index contributed by atoms with van der Waals surface area (Å²) in [6, 6.07) is 20.2. The fourth-order valence-corrected chi connectivity index (χ4v) is 6.00. The molecule has 9 heteroatoms. The van der Waals surface area contributed by atoms with E-state index in [0.717, 1.165) is 16.8 Å². The van der Waals surface area contributed by atoms with Crippen molar-refractivity contribution in [1.82, 2.24) is 5.32 Å². The van der Waals surface area contributed by atoms with Gasteiger partial charge in [-0.05, 0) is 67.1 Å². The Balaban J connectivity index is 1.56. The Kier molecular flexibility index (Phi) is 9.56.